The summed E-state index contributed by atoms with van der Waals surface area (Å²) in [5.74, 6) is 2.00. The van der Waals surface area contributed by atoms with Crippen LogP contribution in [-0.2, 0) is 10.0 Å². The van der Waals surface area contributed by atoms with Gasteiger partial charge in [0, 0.05) is 27.7 Å². The molecule has 0 bridgehead atoms. The Morgan fingerprint density at radius 1 is 1.03 bits per heavy atom. The molecular weight excluding hydrogens is 517 g/mol. The number of sulfonamides is 1. The van der Waals surface area contributed by atoms with E-state index in [9.17, 15) is 8.42 Å². The fourth-order valence-corrected chi connectivity index (χ4v) is 4.06. The van der Waals surface area contributed by atoms with E-state index in [0.29, 0.717) is 29.0 Å². The van der Waals surface area contributed by atoms with Crippen LogP contribution in [0.1, 0.15) is 5.82 Å². The van der Waals surface area contributed by atoms with Gasteiger partial charge in [0.05, 0.1) is 4.90 Å². The van der Waals surface area contributed by atoms with Gasteiger partial charge in [-0.25, -0.2) is 18.1 Å². The summed E-state index contributed by atoms with van der Waals surface area (Å²) in [4.78, 5) is 8.82. The van der Waals surface area contributed by atoms with Gasteiger partial charge in [0.25, 0.3) is 10.0 Å². The second-order valence-electron chi connectivity index (χ2n) is 6.25. The van der Waals surface area contributed by atoms with Crippen LogP contribution in [0.4, 0.5) is 5.69 Å². The van der Waals surface area contributed by atoms with Crippen molar-refractivity contribution < 1.29 is 13.2 Å². The lowest BCUT2D eigenvalue weighted by molar-refractivity contribution is 0.459. The lowest BCUT2D eigenvalue weighted by Crippen LogP contribution is -2.12. The van der Waals surface area contributed by atoms with Gasteiger partial charge >= 0.3 is 0 Å². The van der Waals surface area contributed by atoms with Gasteiger partial charge in [0.1, 0.15) is 11.6 Å². The molecule has 0 amide bonds. The van der Waals surface area contributed by atoms with E-state index in [1.165, 1.54) is 0 Å². The maximum atomic E-state index is 12.5. The lowest BCUT2D eigenvalue weighted by atomic mass is 10.3. The van der Waals surface area contributed by atoms with E-state index in [0.717, 1.165) is 3.57 Å². The SMILES string of the molecule is Cc1nc(Oc2ccc(NS(=O)(=O)c3ccc(I)cc3)cc2)cc(-n2cccn2)n1. The van der Waals surface area contributed by atoms with Gasteiger partial charge in [-0.3, -0.25) is 4.72 Å². The smallest absolute Gasteiger partial charge is 0.261 e. The molecule has 1 N–H and O–H groups in total. The van der Waals surface area contributed by atoms with Gasteiger partial charge in [-0.05, 0) is 84.1 Å². The molecule has 2 aromatic heterocycles. The second-order valence-corrected chi connectivity index (χ2v) is 9.18. The number of aromatic nitrogens is 4. The van der Waals surface area contributed by atoms with E-state index in [1.807, 2.05) is 0 Å². The van der Waals surface area contributed by atoms with E-state index in [-0.39, 0.29) is 4.90 Å². The summed E-state index contributed by atoms with van der Waals surface area (Å²) in [5, 5.41) is 4.16. The van der Waals surface area contributed by atoms with Crippen molar-refractivity contribution >= 4 is 38.3 Å². The van der Waals surface area contributed by atoms with Crippen LogP contribution < -0.4 is 9.46 Å². The summed E-state index contributed by atoms with van der Waals surface area (Å²) >= 11 is 2.12. The van der Waals surface area contributed by atoms with Crippen molar-refractivity contribution in [2.45, 2.75) is 11.8 Å². The number of benzene rings is 2. The Kier molecular flexibility index (Phi) is 5.68. The first-order valence-corrected chi connectivity index (χ1v) is 11.4. The zero-order chi connectivity index (χ0) is 21.1. The molecule has 4 rings (SSSR count). The topological polar surface area (TPSA) is 99.0 Å². The molecule has 0 aliphatic carbocycles. The zero-order valence-corrected chi connectivity index (χ0v) is 18.7. The molecule has 8 nitrogen and oxygen atoms in total. The number of hydrogen-bond acceptors (Lipinski definition) is 6. The third kappa shape index (κ3) is 4.76. The molecule has 0 aliphatic heterocycles. The Morgan fingerprint density at radius 2 is 1.77 bits per heavy atom. The molecule has 30 heavy (non-hydrogen) atoms. The number of rotatable bonds is 6. The standard InChI is InChI=1S/C20H16IN5O3S/c1-14-23-19(26-12-2-11-22-26)13-20(24-14)29-17-7-5-16(6-8-17)25-30(27,28)18-9-3-15(21)4-10-18/h2-13,25H,1H3. The predicted molar refractivity (Wildman–Crippen MR) is 120 cm³/mol. The normalized spacial score (nSPS) is 11.3. The van der Waals surface area contributed by atoms with Crippen molar-refractivity contribution in [1.82, 2.24) is 19.7 Å². The highest BCUT2D eigenvalue weighted by molar-refractivity contribution is 14.1. The van der Waals surface area contributed by atoms with E-state index in [4.69, 9.17) is 4.74 Å². The Balaban J connectivity index is 1.50. The second kappa shape index (κ2) is 8.40. The van der Waals surface area contributed by atoms with Gasteiger partial charge in [-0.15, -0.1) is 0 Å². The van der Waals surface area contributed by atoms with Crippen LogP contribution in [0.15, 0.2) is 78.0 Å². The Labute approximate surface area is 187 Å². The van der Waals surface area contributed by atoms with Gasteiger partial charge in [0.15, 0.2) is 5.82 Å². The number of aryl methyl sites for hydroxylation is 1. The molecule has 4 aromatic rings. The van der Waals surface area contributed by atoms with E-state index < -0.39 is 10.0 Å². The molecule has 10 heteroatoms. The molecule has 0 fully saturated rings. The number of nitrogens with zero attached hydrogens (tertiary/aromatic N) is 4. The van der Waals surface area contributed by atoms with Crippen molar-refractivity contribution in [1.29, 1.82) is 0 Å². The quantitative estimate of drug-likeness (QED) is 0.374. The lowest BCUT2D eigenvalue weighted by Gasteiger charge is -2.10. The van der Waals surface area contributed by atoms with E-state index in [2.05, 4.69) is 42.4 Å². The minimum absolute atomic E-state index is 0.200. The molecule has 0 atom stereocenters. The summed E-state index contributed by atoms with van der Waals surface area (Å²) < 4.78 is 36.0. The van der Waals surface area contributed by atoms with Crippen molar-refractivity contribution in [2.24, 2.45) is 0 Å². The van der Waals surface area contributed by atoms with Crippen molar-refractivity contribution in [3.63, 3.8) is 0 Å². The minimum atomic E-state index is -3.66. The summed E-state index contributed by atoms with van der Waals surface area (Å²) in [7, 11) is -3.66. The highest BCUT2D eigenvalue weighted by Gasteiger charge is 2.14. The van der Waals surface area contributed by atoms with E-state index in [1.54, 1.807) is 84.7 Å². The predicted octanol–water partition coefficient (Wildman–Crippen LogP) is 4.17. The molecular formula is C20H16IN5O3S. The van der Waals surface area contributed by atoms with Crippen LogP contribution in [0.3, 0.4) is 0 Å². The number of anilines is 1. The van der Waals surface area contributed by atoms with Gasteiger partial charge in [-0.2, -0.15) is 10.1 Å². The van der Waals surface area contributed by atoms with Crippen molar-refractivity contribution in [2.75, 3.05) is 4.72 Å². The molecule has 0 saturated carbocycles. The third-order valence-electron chi connectivity index (χ3n) is 3.99. The number of nitrogens with one attached hydrogen (secondary N) is 1. The van der Waals surface area contributed by atoms with Crippen LogP contribution in [0, 0.1) is 10.5 Å². The summed E-state index contributed by atoms with van der Waals surface area (Å²) in [6.45, 7) is 1.77. The molecule has 0 unspecified atom stereocenters. The maximum absolute atomic E-state index is 12.5. The Morgan fingerprint density at radius 3 is 2.43 bits per heavy atom. The minimum Gasteiger partial charge on any atom is -0.439 e. The fraction of sp³-hybridized carbons (Fsp3) is 0.0500. The highest BCUT2D eigenvalue weighted by Crippen LogP contribution is 2.24. The average Bonchev–Trinajstić information content (AvgIpc) is 3.24. The van der Waals surface area contributed by atoms with Gasteiger partial charge in [-0.1, -0.05) is 0 Å². The van der Waals surface area contributed by atoms with Crippen LogP contribution >= 0.6 is 22.6 Å². The molecule has 2 heterocycles. The summed E-state index contributed by atoms with van der Waals surface area (Å²) in [5.41, 5.74) is 0.428. The van der Waals surface area contributed by atoms with Gasteiger partial charge in [0.2, 0.25) is 5.88 Å². The molecule has 0 radical (unpaired) electrons. The van der Waals surface area contributed by atoms with Gasteiger partial charge < -0.3 is 4.74 Å². The Bertz CT molecular complexity index is 1260. The van der Waals surface area contributed by atoms with Crippen LogP contribution in [0.25, 0.3) is 5.82 Å². The number of ether oxygens (including phenoxy) is 1. The maximum Gasteiger partial charge on any atom is 0.261 e. The molecule has 0 saturated heterocycles. The first-order valence-electron chi connectivity index (χ1n) is 8.81. The first-order chi connectivity index (χ1) is 14.4. The molecule has 152 valence electrons. The molecule has 0 spiro atoms. The van der Waals surface area contributed by atoms with Crippen LogP contribution in [0.2, 0.25) is 0 Å². The fourth-order valence-electron chi connectivity index (χ4n) is 2.64. The summed E-state index contributed by atoms with van der Waals surface area (Å²) in [6.07, 6.45) is 3.44. The van der Waals surface area contributed by atoms with Crippen molar-refractivity contribution in [3.8, 4) is 17.4 Å². The Hall–Kier alpha value is -2.99. The largest absolute Gasteiger partial charge is 0.439 e. The zero-order valence-electron chi connectivity index (χ0n) is 15.7. The number of hydrogen-bond donors (Lipinski definition) is 1. The first kappa shape index (κ1) is 20.3. The van der Waals surface area contributed by atoms with E-state index >= 15 is 0 Å². The summed E-state index contributed by atoms with van der Waals surface area (Å²) in [6, 6.07) is 16.7. The molecule has 0 aliphatic rings. The van der Waals surface area contributed by atoms with Crippen LogP contribution in [0.5, 0.6) is 11.6 Å². The van der Waals surface area contributed by atoms with Crippen molar-refractivity contribution in [3.05, 3.63) is 82.5 Å². The monoisotopic (exact) mass is 533 g/mol. The average molecular weight is 533 g/mol. The van der Waals surface area contributed by atoms with Crippen LogP contribution in [-0.4, -0.2) is 28.2 Å². The number of halogens is 1. The highest BCUT2D eigenvalue weighted by atomic mass is 127. The molecule has 2 aromatic carbocycles. The third-order valence-corrected chi connectivity index (χ3v) is 6.11.